The summed E-state index contributed by atoms with van der Waals surface area (Å²) in [4.78, 5) is 25.7. The van der Waals surface area contributed by atoms with Crippen molar-refractivity contribution in [3.63, 3.8) is 0 Å². The fraction of sp³-hybridized carbons (Fsp3) is 0.312. The van der Waals surface area contributed by atoms with Gasteiger partial charge in [0.1, 0.15) is 10.4 Å². The Morgan fingerprint density at radius 1 is 1.46 bits per heavy atom. The minimum atomic E-state index is -1.04. The van der Waals surface area contributed by atoms with Gasteiger partial charge in [-0.1, -0.05) is 43.4 Å². The number of carboxylic acids is 1. The molecule has 8 heteroatoms. The van der Waals surface area contributed by atoms with Crippen LogP contribution < -0.4 is 9.47 Å². The van der Waals surface area contributed by atoms with Crippen molar-refractivity contribution in [3.05, 3.63) is 28.7 Å². The Morgan fingerprint density at radius 3 is 2.92 bits per heavy atom. The predicted octanol–water partition coefficient (Wildman–Crippen LogP) is 2.87. The summed E-state index contributed by atoms with van der Waals surface area (Å²) in [7, 11) is 0. The molecule has 0 aliphatic carbocycles. The third-order valence-electron chi connectivity index (χ3n) is 3.68. The molecular weight excluding hydrogens is 350 g/mol. The van der Waals surface area contributed by atoms with Crippen molar-refractivity contribution in [2.75, 3.05) is 6.79 Å². The molecule has 126 valence electrons. The maximum Gasteiger partial charge on any atom is 0.326 e. The van der Waals surface area contributed by atoms with Crippen LogP contribution in [0.5, 0.6) is 11.5 Å². The van der Waals surface area contributed by atoms with Gasteiger partial charge in [0.05, 0.1) is 4.91 Å². The maximum atomic E-state index is 12.6. The second-order valence-corrected chi connectivity index (χ2v) is 6.98. The van der Waals surface area contributed by atoms with Gasteiger partial charge in [0.2, 0.25) is 6.79 Å². The molecule has 2 aliphatic rings. The fourth-order valence-electron chi connectivity index (χ4n) is 2.54. The van der Waals surface area contributed by atoms with Gasteiger partial charge < -0.3 is 14.6 Å². The lowest BCUT2D eigenvalue weighted by molar-refractivity contribution is -0.145. The molecule has 0 saturated carbocycles. The summed E-state index contributed by atoms with van der Waals surface area (Å²) < 4.78 is 10.8. The first-order chi connectivity index (χ1) is 11.5. The lowest BCUT2D eigenvalue weighted by Gasteiger charge is -2.22. The van der Waals surface area contributed by atoms with Gasteiger partial charge in [-0.25, -0.2) is 4.79 Å². The number of carbonyl (C=O) groups is 2. The third kappa shape index (κ3) is 3.11. The van der Waals surface area contributed by atoms with Gasteiger partial charge >= 0.3 is 5.97 Å². The van der Waals surface area contributed by atoms with Crippen LogP contribution in [0, 0.1) is 0 Å². The van der Waals surface area contributed by atoms with Crippen LogP contribution in [0.1, 0.15) is 25.3 Å². The Kier molecular flexibility index (Phi) is 4.77. The Bertz CT molecular complexity index is 746. The molecule has 2 heterocycles. The lowest BCUT2D eigenvalue weighted by Crippen LogP contribution is -2.43. The van der Waals surface area contributed by atoms with Crippen LogP contribution in [-0.4, -0.2) is 39.0 Å². The summed E-state index contributed by atoms with van der Waals surface area (Å²) in [5.41, 5.74) is 0.766. The number of rotatable bonds is 5. The highest BCUT2D eigenvalue weighted by atomic mass is 32.2. The molecular formula is C16H15NO5S2. The summed E-state index contributed by atoms with van der Waals surface area (Å²) in [6, 6.07) is 4.42. The van der Waals surface area contributed by atoms with E-state index >= 15 is 0 Å². The molecule has 0 radical (unpaired) electrons. The molecule has 0 aromatic heterocycles. The van der Waals surface area contributed by atoms with E-state index in [1.54, 1.807) is 24.3 Å². The Labute approximate surface area is 148 Å². The Hall–Kier alpha value is -2.06. The number of thioether (sulfide) groups is 1. The largest absolute Gasteiger partial charge is 0.480 e. The van der Waals surface area contributed by atoms with E-state index < -0.39 is 12.0 Å². The molecule has 6 nitrogen and oxygen atoms in total. The zero-order valence-corrected chi connectivity index (χ0v) is 14.5. The number of fused-ring (bicyclic) bond motifs is 1. The molecule has 1 aromatic rings. The van der Waals surface area contributed by atoms with E-state index in [-0.39, 0.29) is 17.0 Å². The number of carbonyl (C=O) groups excluding carboxylic acids is 1. The molecule has 1 unspecified atom stereocenters. The third-order valence-corrected chi connectivity index (χ3v) is 5.01. The molecule has 0 bridgehead atoms. The number of ether oxygens (including phenoxy) is 2. The average molecular weight is 365 g/mol. The summed E-state index contributed by atoms with van der Waals surface area (Å²) in [5.74, 6) is -0.136. The molecule has 1 aromatic carbocycles. The first-order valence-electron chi connectivity index (χ1n) is 7.40. The minimum absolute atomic E-state index is 0.179. The number of hydrogen-bond acceptors (Lipinski definition) is 6. The molecule has 1 fully saturated rings. The number of benzene rings is 1. The van der Waals surface area contributed by atoms with E-state index in [0.717, 1.165) is 17.3 Å². The summed E-state index contributed by atoms with van der Waals surface area (Å²) >= 11 is 6.33. The Balaban J connectivity index is 1.86. The molecule has 1 amide bonds. The molecule has 2 aliphatic heterocycles. The molecule has 1 N–H and O–H groups in total. The van der Waals surface area contributed by atoms with Crippen molar-refractivity contribution in [1.82, 2.24) is 4.90 Å². The predicted molar refractivity (Wildman–Crippen MR) is 93.9 cm³/mol. The number of nitrogens with zero attached hydrogens (tertiary/aromatic N) is 1. The van der Waals surface area contributed by atoms with Gasteiger partial charge in [-0.3, -0.25) is 9.69 Å². The fourth-order valence-corrected chi connectivity index (χ4v) is 3.90. The van der Waals surface area contributed by atoms with E-state index in [0.29, 0.717) is 29.2 Å². The van der Waals surface area contributed by atoms with Gasteiger partial charge in [-0.05, 0) is 30.2 Å². The van der Waals surface area contributed by atoms with Crippen molar-refractivity contribution in [1.29, 1.82) is 0 Å². The normalized spacial score (nSPS) is 19.2. The lowest BCUT2D eigenvalue weighted by atomic mass is 10.1. The van der Waals surface area contributed by atoms with E-state index in [1.165, 1.54) is 4.90 Å². The number of amides is 1. The molecule has 1 saturated heterocycles. The quantitative estimate of drug-likeness (QED) is 0.635. The molecule has 24 heavy (non-hydrogen) atoms. The van der Waals surface area contributed by atoms with Gasteiger partial charge in [0.15, 0.2) is 11.5 Å². The minimum Gasteiger partial charge on any atom is -0.480 e. The average Bonchev–Trinajstić information content (AvgIpc) is 3.10. The van der Waals surface area contributed by atoms with Crippen molar-refractivity contribution in [2.24, 2.45) is 0 Å². The maximum absolute atomic E-state index is 12.6. The van der Waals surface area contributed by atoms with Crippen molar-refractivity contribution < 1.29 is 24.2 Å². The highest BCUT2D eigenvalue weighted by molar-refractivity contribution is 8.26. The van der Waals surface area contributed by atoms with Gasteiger partial charge in [-0.15, -0.1) is 0 Å². The van der Waals surface area contributed by atoms with E-state index in [4.69, 9.17) is 21.7 Å². The van der Waals surface area contributed by atoms with Crippen molar-refractivity contribution in [3.8, 4) is 11.5 Å². The van der Waals surface area contributed by atoms with Crippen LogP contribution in [0.25, 0.3) is 6.08 Å². The van der Waals surface area contributed by atoms with Crippen LogP contribution in [0.3, 0.4) is 0 Å². The van der Waals surface area contributed by atoms with Crippen molar-refractivity contribution in [2.45, 2.75) is 25.8 Å². The highest BCUT2D eigenvalue weighted by Crippen LogP contribution is 2.37. The standard InChI is InChI=1S/C16H15NO5S2/c1-2-3-10(15(19)20)17-14(18)13(24-16(17)23)7-9-4-5-11-12(6-9)22-8-21-11/h4-7,10H,2-3,8H2,1H3,(H,19,20). The van der Waals surface area contributed by atoms with Crippen LogP contribution in [0.2, 0.25) is 0 Å². The summed E-state index contributed by atoms with van der Waals surface area (Å²) in [5, 5.41) is 9.37. The van der Waals surface area contributed by atoms with Crippen LogP contribution in [0.15, 0.2) is 23.1 Å². The monoisotopic (exact) mass is 365 g/mol. The van der Waals surface area contributed by atoms with E-state index in [9.17, 15) is 14.7 Å². The van der Waals surface area contributed by atoms with E-state index in [2.05, 4.69) is 0 Å². The molecule has 0 spiro atoms. The van der Waals surface area contributed by atoms with Gasteiger partial charge in [0.25, 0.3) is 5.91 Å². The number of aliphatic carboxylic acids is 1. The zero-order valence-electron chi connectivity index (χ0n) is 12.9. The first kappa shape index (κ1) is 16.8. The first-order valence-corrected chi connectivity index (χ1v) is 8.63. The molecule has 1 atom stereocenters. The topological polar surface area (TPSA) is 76.1 Å². The SMILES string of the molecule is CCCC(C(=O)O)N1C(=O)C(=Cc2ccc3c(c2)OCO3)SC1=S. The van der Waals surface area contributed by atoms with Crippen molar-refractivity contribution >= 4 is 46.3 Å². The number of hydrogen-bond donors (Lipinski definition) is 1. The van der Waals surface area contributed by atoms with Crippen LogP contribution in [-0.2, 0) is 9.59 Å². The smallest absolute Gasteiger partial charge is 0.326 e. The highest BCUT2D eigenvalue weighted by Gasteiger charge is 2.39. The summed E-state index contributed by atoms with van der Waals surface area (Å²) in [6.45, 7) is 2.05. The van der Waals surface area contributed by atoms with Crippen LogP contribution >= 0.6 is 24.0 Å². The van der Waals surface area contributed by atoms with Gasteiger partial charge in [0, 0.05) is 0 Å². The second kappa shape index (κ2) is 6.82. The van der Waals surface area contributed by atoms with E-state index in [1.807, 2.05) is 6.92 Å². The van der Waals surface area contributed by atoms with Crippen LogP contribution in [0.4, 0.5) is 0 Å². The Morgan fingerprint density at radius 2 is 2.21 bits per heavy atom. The second-order valence-electron chi connectivity index (χ2n) is 5.31. The zero-order chi connectivity index (χ0) is 17.3. The number of thiocarbonyl (C=S) groups is 1. The number of carboxylic acid groups (broad SMARTS) is 1. The summed E-state index contributed by atoms with van der Waals surface area (Å²) in [6.07, 6.45) is 2.69. The molecule has 3 rings (SSSR count). The van der Waals surface area contributed by atoms with Gasteiger partial charge in [-0.2, -0.15) is 0 Å².